The lowest BCUT2D eigenvalue weighted by atomic mass is 10.1. The van der Waals surface area contributed by atoms with Gasteiger partial charge in [0.05, 0.1) is 5.02 Å². The minimum atomic E-state index is 0.214. The molecule has 3 nitrogen and oxygen atoms in total. The number of aromatic hydroxyl groups is 1. The Morgan fingerprint density at radius 1 is 1.50 bits per heavy atom. The van der Waals surface area contributed by atoms with E-state index >= 15 is 0 Å². The highest BCUT2D eigenvalue weighted by atomic mass is 35.5. The van der Waals surface area contributed by atoms with Crippen LogP contribution in [0.3, 0.4) is 0 Å². The summed E-state index contributed by atoms with van der Waals surface area (Å²) in [5.41, 5.74) is 0.894. The zero-order chi connectivity index (χ0) is 13.1. The van der Waals surface area contributed by atoms with Gasteiger partial charge in [0.2, 0.25) is 0 Å². The van der Waals surface area contributed by atoms with Crippen LogP contribution in [0.5, 0.6) is 5.75 Å². The van der Waals surface area contributed by atoms with Gasteiger partial charge in [-0.3, -0.25) is 0 Å². The predicted molar refractivity (Wildman–Crippen MR) is 75.1 cm³/mol. The van der Waals surface area contributed by atoms with Gasteiger partial charge in [-0.1, -0.05) is 23.7 Å². The predicted octanol–water partition coefficient (Wildman–Crippen LogP) is 2.57. The molecule has 1 aromatic carbocycles. The third kappa shape index (κ3) is 3.16. The molecule has 0 spiro atoms. The van der Waals surface area contributed by atoms with Crippen molar-refractivity contribution in [3.05, 3.63) is 28.8 Å². The van der Waals surface area contributed by atoms with Crippen molar-refractivity contribution in [2.24, 2.45) is 0 Å². The van der Waals surface area contributed by atoms with Crippen molar-refractivity contribution in [2.75, 3.05) is 27.2 Å². The molecule has 1 fully saturated rings. The first-order valence-electron chi connectivity index (χ1n) is 6.43. The van der Waals surface area contributed by atoms with Gasteiger partial charge >= 0.3 is 0 Å². The molecule has 0 amide bonds. The first-order valence-corrected chi connectivity index (χ1v) is 6.81. The van der Waals surface area contributed by atoms with Gasteiger partial charge in [-0.15, -0.1) is 0 Å². The second-order valence-corrected chi connectivity index (χ2v) is 5.63. The molecule has 1 aromatic rings. The number of hydrogen-bond donors (Lipinski definition) is 1. The minimum absolute atomic E-state index is 0.214. The van der Waals surface area contributed by atoms with Crippen LogP contribution in [0.25, 0.3) is 0 Å². The summed E-state index contributed by atoms with van der Waals surface area (Å²) in [5.74, 6) is 0.214. The van der Waals surface area contributed by atoms with Crippen LogP contribution in [0.4, 0.5) is 0 Å². The lowest BCUT2D eigenvalue weighted by Gasteiger charge is -2.26. The second-order valence-electron chi connectivity index (χ2n) is 5.22. The van der Waals surface area contributed by atoms with Crippen molar-refractivity contribution < 1.29 is 5.11 Å². The van der Waals surface area contributed by atoms with E-state index in [-0.39, 0.29) is 5.75 Å². The van der Waals surface area contributed by atoms with Crippen LogP contribution in [0.15, 0.2) is 18.2 Å². The minimum Gasteiger partial charge on any atom is -0.506 e. The normalized spacial score (nSPS) is 20.8. The summed E-state index contributed by atoms with van der Waals surface area (Å²) in [6, 6.07) is 6.16. The highest BCUT2D eigenvalue weighted by molar-refractivity contribution is 6.32. The van der Waals surface area contributed by atoms with E-state index in [1.807, 2.05) is 12.1 Å². The van der Waals surface area contributed by atoms with E-state index in [0.29, 0.717) is 11.1 Å². The van der Waals surface area contributed by atoms with Crippen molar-refractivity contribution in [1.29, 1.82) is 0 Å². The Labute approximate surface area is 114 Å². The van der Waals surface area contributed by atoms with Gasteiger partial charge in [0.25, 0.3) is 0 Å². The molecule has 0 aliphatic carbocycles. The number of halogens is 1. The molecule has 1 saturated heterocycles. The maximum Gasteiger partial charge on any atom is 0.138 e. The molecule has 100 valence electrons. The van der Waals surface area contributed by atoms with Crippen LogP contribution in [0, 0.1) is 0 Å². The van der Waals surface area contributed by atoms with E-state index in [0.717, 1.165) is 18.7 Å². The molecule has 1 N–H and O–H groups in total. The number of phenols is 1. The number of nitrogens with zero attached hydrogens (tertiary/aromatic N) is 2. The highest BCUT2D eigenvalue weighted by Gasteiger charge is 2.22. The number of para-hydroxylation sites is 1. The summed E-state index contributed by atoms with van der Waals surface area (Å²) in [7, 11) is 4.27. The summed E-state index contributed by atoms with van der Waals surface area (Å²) in [6.45, 7) is 2.96. The standard InChI is InChI=1S/C14H21ClN2O/c1-16(10-12-6-4-8-17(12)2)9-11-5-3-7-13(15)14(11)18/h3,5,7,12,18H,4,6,8-10H2,1-2H3. The molecule has 1 heterocycles. The molecule has 1 atom stereocenters. The number of hydrogen-bond acceptors (Lipinski definition) is 3. The molecule has 1 unspecified atom stereocenters. The van der Waals surface area contributed by atoms with Gasteiger partial charge in [0.1, 0.15) is 5.75 Å². The lowest BCUT2D eigenvalue weighted by Crippen LogP contribution is -2.36. The molecular weight excluding hydrogens is 248 g/mol. The van der Waals surface area contributed by atoms with Crippen LogP contribution >= 0.6 is 11.6 Å². The number of rotatable bonds is 4. The van der Waals surface area contributed by atoms with E-state index in [1.54, 1.807) is 6.07 Å². The van der Waals surface area contributed by atoms with E-state index in [4.69, 9.17) is 11.6 Å². The van der Waals surface area contributed by atoms with E-state index in [1.165, 1.54) is 19.4 Å². The number of benzene rings is 1. The molecular formula is C14H21ClN2O. The summed E-state index contributed by atoms with van der Waals surface area (Å²) in [6.07, 6.45) is 2.56. The van der Waals surface area contributed by atoms with Crippen molar-refractivity contribution >= 4 is 11.6 Å². The monoisotopic (exact) mass is 268 g/mol. The molecule has 0 saturated carbocycles. The van der Waals surface area contributed by atoms with Gasteiger partial charge in [-0.05, 0) is 39.5 Å². The Kier molecular flexibility index (Phi) is 4.49. The number of likely N-dealkylation sites (N-methyl/N-ethyl adjacent to an activating group) is 2. The Hall–Kier alpha value is -0.770. The second kappa shape index (κ2) is 5.91. The van der Waals surface area contributed by atoms with Gasteiger partial charge < -0.3 is 14.9 Å². The topological polar surface area (TPSA) is 26.7 Å². The third-order valence-electron chi connectivity index (χ3n) is 3.70. The van der Waals surface area contributed by atoms with Gasteiger partial charge in [0, 0.05) is 24.7 Å². The van der Waals surface area contributed by atoms with Gasteiger partial charge in [0.15, 0.2) is 0 Å². The van der Waals surface area contributed by atoms with Crippen molar-refractivity contribution in [3.8, 4) is 5.75 Å². The molecule has 4 heteroatoms. The fourth-order valence-electron chi connectivity index (χ4n) is 2.61. The smallest absolute Gasteiger partial charge is 0.138 e. The average Bonchev–Trinajstić information content (AvgIpc) is 2.71. The molecule has 0 bridgehead atoms. The van der Waals surface area contributed by atoms with Crippen LogP contribution in [-0.2, 0) is 6.54 Å². The fourth-order valence-corrected chi connectivity index (χ4v) is 2.81. The fraction of sp³-hybridized carbons (Fsp3) is 0.571. The Bertz CT molecular complexity index is 411. The van der Waals surface area contributed by atoms with E-state index < -0.39 is 0 Å². The van der Waals surface area contributed by atoms with Crippen molar-refractivity contribution in [3.63, 3.8) is 0 Å². The van der Waals surface area contributed by atoms with Crippen molar-refractivity contribution in [2.45, 2.75) is 25.4 Å². The Morgan fingerprint density at radius 3 is 2.94 bits per heavy atom. The number of phenolic OH excluding ortho intramolecular Hbond substituents is 1. The first-order chi connectivity index (χ1) is 8.58. The van der Waals surface area contributed by atoms with E-state index in [2.05, 4.69) is 23.9 Å². The largest absolute Gasteiger partial charge is 0.506 e. The van der Waals surface area contributed by atoms with Crippen molar-refractivity contribution in [1.82, 2.24) is 9.80 Å². The summed E-state index contributed by atoms with van der Waals surface area (Å²) >= 11 is 5.91. The molecule has 1 aliphatic heterocycles. The van der Waals surface area contributed by atoms with Gasteiger partial charge in [-0.25, -0.2) is 0 Å². The van der Waals surface area contributed by atoms with E-state index in [9.17, 15) is 5.11 Å². The maximum atomic E-state index is 9.89. The Balaban J connectivity index is 1.94. The average molecular weight is 269 g/mol. The van der Waals surface area contributed by atoms with Gasteiger partial charge in [-0.2, -0.15) is 0 Å². The quantitative estimate of drug-likeness (QED) is 0.909. The third-order valence-corrected chi connectivity index (χ3v) is 4.01. The molecule has 18 heavy (non-hydrogen) atoms. The molecule has 0 radical (unpaired) electrons. The summed E-state index contributed by atoms with van der Waals surface area (Å²) in [5, 5.41) is 10.3. The molecule has 0 aromatic heterocycles. The Morgan fingerprint density at radius 2 is 2.28 bits per heavy atom. The van der Waals surface area contributed by atoms with Crippen LogP contribution in [0.2, 0.25) is 5.02 Å². The number of likely N-dealkylation sites (tertiary alicyclic amines) is 1. The lowest BCUT2D eigenvalue weighted by molar-refractivity contribution is 0.214. The first kappa shape index (κ1) is 13.7. The zero-order valence-electron chi connectivity index (χ0n) is 11.1. The maximum absolute atomic E-state index is 9.89. The highest BCUT2D eigenvalue weighted by Crippen LogP contribution is 2.28. The SMILES string of the molecule is CN(Cc1cccc(Cl)c1O)CC1CCCN1C. The summed E-state index contributed by atoms with van der Waals surface area (Å²) in [4.78, 5) is 4.66. The molecule has 1 aliphatic rings. The van der Waals surface area contributed by atoms with Crippen LogP contribution < -0.4 is 0 Å². The molecule has 2 rings (SSSR count). The summed E-state index contributed by atoms with van der Waals surface area (Å²) < 4.78 is 0. The zero-order valence-corrected chi connectivity index (χ0v) is 11.8. The van der Waals surface area contributed by atoms with Crippen LogP contribution in [-0.4, -0.2) is 48.1 Å². The van der Waals surface area contributed by atoms with Crippen LogP contribution in [0.1, 0.15) is 18.4 Å².